The summed E-state index contributed by atoms with van der Waals surface area (Å²) in [6.45, 7) is 11.0. The van der Waals surface area contributed by atoms with E-state index in [-0.39, 0.29) is 5.43 Å². The van der Waals surface area contributed by atoms with Crippen LogP contribution in [0, 0.1) is 0 Å². The van der Waals surface area contributed by atoms with Gasteiger partial charge in [0.15, 0.2) is 5.43 Å². The van der Waals surface area contributed by atoms with E-state index in [0.717, 1.165) is 10.0 Å². The van der Waals surface area contributed by atoms with Crippen LogP contribution in [0.25, 0.3) is 18.2 Å². The van der Waals surface area contributed by atoms with E-state index in [4.69, 9.17) is 4.42 Å². The van der Waals surface area contributed by atoms with Crippen LogP contribution in [-0.4, -0.2) is 4.43 Å². The van der Waals surface area contributed by atoms with Crippen molar-refractivity contribution in [3.8, 4) is 0 Å². The fourth-order valence-electron chi connectivity index (χ4n) is 1.29. The molecule has 0 aliphatic rings. The van der Waals surface area contributed by atoms with Crippen molar-refractivity contribution in [1.29, 1.82) is 0 Å². The lowest BCUT2D eigenvalue weighted by Gasteiger charge is -2.00. The average molecular weight is 340 g/mol. The summed E-state index contributed by atoms with van der Waals surface area (Å²) in [5.41, 5.74) is 1.08. The van der Waals surface area contributed by atoms with Crippen molar-refractivity contribution in [2.24, 2.45) is 0 Å². The molecule has 0 spiro atoms. The van der Waals surface area contributed by atoms with Gasteiger partial charge in [0.1, 0.15) is 11.2 Å². The molecule has 3 heteroatoms. The van der Waals surface area contributed by atoms with E-state index in [1.807, 2.05) is 6.08 Å². The maximum atomic E-state index is 11.7. The Balaban J connectivity index is 3.59. The van der Waals surface area contributed by atoms with Gasteiger partial charge in [-0.1, -0.05) is 60.6 Å². The molecule has 0 atom stereocenters. The van der Waals surface area contributed by atoms with E-state index in [1.54, 1.807) is 18.2 Å². The number of allylic oxidation sites excluding steroid dienone is 4. The van der Waals surface area contributed by atoms with Crippen LogP contribution < -0.4 is 16.1 Å². The Morgan fingerprint density at radius 3 is 2.71 bits per heavy atom. The second kappa shape index (κ2) is 6.39. The maximum Gasteiger partial charge on any atom is 0.192 e. The summed E-state index contributed by atoms with van der Waals surface area (Å²) in [6.07, 6.45) is 6.79. The second-order valence-corrected chi connectivity index (χ2v) is 4.12. The second-order valence-electron chi connectivity index (χ2n) is 3.24. The van der Waals surface area contributed by atoms with Gasteiger partial charge in [0.25, 0.3) is 0 Å². The third-order valence-corrected chi connectivity index (χ3v) is 2.59. The van der Waals surface area contributed by atoms with Gasteiger partial charge in [0.05, 0.1) is 5.22 Å². The maximum absolute atomic E-state index is 11.7. The standard InChI is InChI=1S/C14H13IO2/c1-4-6-13-10(3)12(16)9-14(17-13)11(5-2)7-8-15/h4-7,9H,1-3,8H2/b11-7+,13-6+. The Hall–Kier alpha value is -1.36. The van der Waals surface area contributed by atoms with Crippen LogP contribution in [-0.2, 0) is 0 Å². The first-order chi connectivity index (χ1) is 8.13. The average Bonchev–Trinajstić information content (AvgIpc) is 2.32. The molecule has 0 aromatic carbocycles. The molecular formula is C14H13IO2. The summed E-state index contributed by atoms with van der Waals surface area (Å²) in [7, 11) is 0. The van der Waals surface area contributed by atoms with Gasteiger partial charge in [-0.05, 0) is 6.08 Å². The van der Waals surface area contributed by atoms with Gasteiger partial charge in [0.2, 0.25) is 0 Å². The van der Waals surface area contributed by atoms with Crippen molar-refractivity contribution in [2.45, 2.75) is 0 Å². The lowest BCUT2D eigenvalue weighted by Crippen LogP contribution is -2.37. The van der Waals surface area contributed by atoms with E-state index < -0.39 is 0 Å². The minimum absolute atomic E-state index is 0.152. The van der Waals surface area contributed by atoms with Gasteiger partial charge in [-0.2, -0.15) is 0 Å². The molecule has 0 saturated heterocycles. The fourth-order valence-corrected chi connectivity index (χ4v) is 1.76. The van der Waals surface area contributed by atoms with Crippen LogP contribution >= 0.6 is 22.6 Å². The highest BCUT2D eigenvalue weighted by molar-refractivity contribution is 14.1. The van der Waals surface area contributed by atoms with Gasteiger partial charge in [-0.3, -0.25) is 4.79 Å². The van der Waals surface area contributed by atoms with Gasteiger partial charge >= 0.3 is 0 Å². The van der Waals surface area contributed by atoms with Crippen LogP contribution in [0.15, 0.2) is 46.7 Å². The molecule has 1 rings (SSSR count). The third kappa shape index (κ3) is 3.30. The summed E-state index contributed by atoms with van der Waals surface area (Å²) in [6, 6.07) is 1.43. The molecule has 0 bridgehead atoms. The summed E-state index contributed by atoms with van der Waals surface area (Å²) in [4.78, 5) is 11.7. The summed E-state index contributed by atoms with van der Waals surface area (Å²) < 4.78 is 6.42. The Morgan fingerprint density at radius 2 is 2.18 bits per heavy atom. The van der Waals surface area contributed by atoms with Crippen molar-refractivity contribution in [3.63, 3.8) is 0 Å². The minimum Gasteiger partial charge on any atom is -0.456 e. The SMILES string of the molecule is C=C/C=c1/oc(/C(C=C)=C/CI)cc(=O)c1=C. The first-order valence-corrected chi connectivity index (χ1v) is 6.51. The highest BCUT2D eigenvalue weighted by Crippen LogP contribution is 2.11. The number of hydrogen-bond acceptors (Lipinski definition) is 2. The molecule has 0 unspecified atom stereocenters. The van der Waals surface area contributed by atoms with Crippen molar-refractivity contribution in [3.05, 3.63) is 64.1 Å². The van der Waals surface area contributed by atoms with E-state index in [2.05, 4.69) is 42.3 Å². The van der Waals surface area contributed by atoms with E-state index in [1.165, 1.54) is 6.07 Å². The zero-order valence-corrected chi connectivity index (χ0v) is 11.6. The first-order valence-electron chi connectivity index (χ1n) is 4.98. The van der Waals surface area contributed by atoms with Crippen molar-refractivity contribution in [2.75, 3.05) is 4.43 Å². The Kier molecular flexibility index (Phi) is 5.15. The van der Waals surface area contributed by atoms with Gasteiger partial charge < -0.3 is 4.42 Å². The van der Waals surface area contributed by atoms with Gasteiger partial charge in [-0.15, -0.1) is 0 Å². The molecule has 0 aliphatic heterocycles. The quantitative estimate of drug-likeness (QED) is 0.477. The monoisotopic (exact) mass is 340 g/mol. The van der Waals surface area contributed by atoms with Crippen molar-refractivity contribution >= 4 is 40.8 Å². The zero-order valence-electron chi connectivity index (χ0n) is 9.41. The Bertz CT molecular complexity index is 621. The molecule has 88 valence electrons. The van der Waals surface area contributed by atoms with Gasteiger partial charge in [0, 0.05) is 16.1 Å². The molecule has 1 heterocycles. The molecule has 0 saturated carbocycles. The molecule has 17 heavy (non-hydrogen) atoms. The molecule has 1 aromatic rings. The predicted molar refractivity (Wildman–Crippen MR) is 81.5 cm³/mol. The van der Waals surface area contributed by atoms with Crippen LogP contribution in [0.4, 0.5) is 0 Å². The first kappa shape index (κ1) is 13.7. The zero-order chi connectivity index (χ0) is 12.8. The molecule has 0 fully saturated rings. The molecular weight excluding hydrogens is 327 g/mol. The van der Waals surface area contributed by atoms with Crippen molar-refractivity contribution in [1.82, 2.24) is 0 Å². The predicted octanol–water partition coefficient (Wildman–Crippen LogP) is 2.02. The highest BCUT2D eigenvalue weighted by atomic mass is 127. The molecule has 0 aliphatic carbocycles. The Labute approximate surface area is 113 Å². The van der Waals surface area contributed by atoms with Crippen LogP contribution in [0.2, 0.25) is 0 Å². The summed E-state index contributed by atoms with van der Waals surface area (Å²) in [5, 5.41) is 0.339. The lowest BCUT2D eigenvalue weighted by atomic mass is 10.2. The minimum atomic E-state index is -0.152. The van der Waals surface area contributed by atoms with E-state index in [0.29, 0.717) is 16.4 Å². The lowest BCUT2D eigenvalue weighted by molar-refractivity contribution is 0.496. The summed E-state index contributed by atoms with van der Waals surface area (Å²) in [5.74, 6) is 0.502. The largest absolute Gasteiger partial charge is 0.456 e. The molecule has 2 nitrogen and oxygen atoms in total. The number of halogens is 1. The molecule has 0 radical (unpaired) electrons. The molecule has 0 N–H and O–H groups in total. The molecule has 0 amide bonds. The molecule has 1 aromatic heterocycles. The fraction of sp³-hybridized carbons (Fsp3) is 0.0714. The highest BCUT2D eigenvalue weighted by Gasteiger charge is 2.03. The van der Waals surface area contributed by atoms with Crippen LogP contribution in [0.1, 0.15) is 5.76 Å². The van der Waals surface area contributed by atoms with Gasteiger partial charge in [-0.25, -0.2) is 0 Å². The van der Waals surface area contributed by atoms with E-state index >= 15 is 0 Å². The Morgan fingerprint density at radius 1 is 1.47 bits per heavy atom. The summed E-state index contributed by atoms with van der Waals surface area (Å²) >= 11 is 2.21. The normalized spacial score (nSPS) is 12.5. The smallest absolute Gasteiger partial charge is 0.192 e. The topological polar surface area (TPSA) is 30.2 Å². The van der Waals surface area contributed by atoms with Crippen LogP contribution in [0.5, 0.6) is 0 Å². The number of rotatable bonds is 4. The van der Waals surface area contributed by atoms with Crippen molar-refractivity contribution < 1.29 is 4.42 Å². The number of hydrogen-bond donors (Lipinski definition) is 0. The third-order valence-electron chi connectivity index (χ3n) is 2.15. The van der Waals surface area contributed by atoms with Crippen LogP contribution in [0.3, 0.4) is 0 Å². The number of alkyl halides is 1. The van der Waals surface area contributed by atoms with E-state index in [9.17, 15) is 4.79 Å².